The summed E-state index contributed by atoms with van der Waals surface area (Å²) in [5.41, 5.74) is 1.16. The topological polar surface area (TPSA) is 24.9 Å². The molecule has 0 aliphatic rings. The van der Waals surface area contributed by atoms with Crippen LogP contribution in [0.5, 0.6) is 0 Å². The fourth-order valence-corrected chi connectivity index (χ4v) is 0.974. The van der Waals surface area contributed by atoms with E-state index in [1.165, 1.54) is 12.3 Å². The van der Waals surface area contributed by atoms with Crippen LogP contribution in [0.3, 0.4) is 0 Å². The lowest BCUT2D eigenvalue weighted by Gasteiger charge is -2.10. The molecule has 0 bridgehead atoms. The summed E-state index contributed by atoms with van der Waals surface area (Å²) in [4.78, 5) is 3.65. The highest BCUT2D eigenvalue weighted by molar-refractivity contribution is 5.45. The first kappa shape index (κ1) is 10.6. The van der Waals surface area contributed by atoms with Gasteiger partial charge in [-0.1, -0.05) is 6.58 Å². The van der Waals surface area contributed by atoms with E-state index in [4.69, 9.17) is 0 Å². The zero-order valence-electron chi connectivity index (χ0n) is 8.14. The van der Waals surface area contributed by atoms with E-state index in [0.29, 0.717) is 5.69 Å². The first-order valence-corrected chi connectivity index (χ1v) is 4.16. The van der Waals surface area contributed by atoms with E-state index < -0.39 is 5.92 Å². The van der Waals surface area contributed by atoms with Crippen LogP contribution in [0.15, 0.2) is 30.6 Å². The van der Waals surface area contributed by atoms with Crippen molar-refractivity contribution in [2.24, 2.45) is 0 Å². The summed E-state index contributed by atoms with van der Waals surface area (Å²) in [6.07, 6.45) is 1.36. The predicted octanol–water partition coefficient (Wildman–Crippen LogP) is 3.14. The Bertz CT molecular complexity index is 325. The molecule has 1 N–H and O–H groups in total. The van der Waals surface area contributed by atoms with Crippen LogP contribution >= 0.6 is 0 Å². The number of pyridine rings is 1. The predicted molar refractivity (Wildman–Crippen MR) is 52.2 cm³/mol. The standard InChI is InChI=1S/C10H12F2N2/c1-7(2)14-8-4-5-9(13-6-8)10(3,11)12/h4-6,14H,1H2,2-3H3. The molecule has 76 valence electrons. The van der Waals surface area contributed by atoms with Crippen LogP contribution in [0.1, 0.15) is 19.5 Å². The molecule has 0 unspecified atom stereocenters. The number of nitrogens with one attached hydrogen (secondary N) is 1. The van der Waals surface area contributed by atoms with E-state index in [1.807, 2.05) is 0 Å². The summed E-state index contributed by atoms with van der Waals surface area (Å²) in [5, 5.41) is 2.88. The monoisotopic (exact) mass is 198 g/mol. The van der Waals surface area contributed by atoms with E-state index in [9.17, 15) is 8.78 Å². The van der Waals surface area contributed by atoms with Gasteiger partial charge in [0.2, 0.25) is 0 Å². The second kappa shape index (κ2) is 3.74. The molecule has 1 rings (SSSR count). The summed E-state index contributed by atoms with van der Waals surface area (Å²) < 4.78 is 25.5. The van der Waals surface area contributed by atoms with Gasteiger partial charge >= 0.3 is 0 Å². The van der Waals surface area contributed by atoms with Crippen molar-refractivity contribution in [2.45, 2.75) is 19.8 Å². The van der Waals surface area contributed by atoms with Crippen molar-refractivity contribution in [1.29, 1.82) is 0 Å². The minimum absolute atomic E-state index is 0.232. The molecule has 1 aromatic heterocycles. The zero-order chi connectivity index (χ0) is 10.8. The van der Waals surface area contributed by atoms with E-state index in [1.54, 1.807) is 13.0 Å². The molecule has 0 amide bonds. The lowest BCUT2D eigenvalue weighted by molar-refractivity contribution is 0.0128. The van der Waals surface area contributed by atoms with Gasteiger partial charge < -0.3 is 5.32 Å². The average Bonchev–Trinajstić information content (AvgIpc) is 2.02. The second-order valence-corrected chi connectivity index (χ2v) is 3.23. The molecule has 0 aliphatic heterocycles. The molecule has 1 heterocycles. The van der Waals surface area contributed by atoms with Gasteiger partial charge in [-0.15, -0.1) is 0 Å². The van der Waals surface area contributed by atoms with E-state index in [0.717, 1.165) is 12.6 Å². The van der Waals surface area contributed by atoms with Gasteiger partial charge in [0.05, 0.1) is 11.9 Å². The quantitative estimate of drug-likeness (QED) is 0.807. The molecule has 1 aromatic rings. The number of rotatable bonds is 3. The average molecular weight is 198 g/mol. The van der Waals surface area contributed by atoms with Crippen LogP contribution in [-0.2, 0) is 5.92 Å². The van der Waals surface area contributed by atoms with Crippen LogP contribution in [-0.4, -0.2) is 4.98 Å². The molecule has 0 radical (unpaired) electrons. The Hall–Kier alpha value is -1.45. The zero-order valence-corrected chi connectivity index (χ0v) is 8.14. The molecular formula is C10H12F2N2. The molecule has 0 fully saturated rings. The lowest BCUT2D eigenvalue weighted by Crippen LogP contribution is -2.09. The molecule has 4 heteroatoms. The van der Waals surface area contributed by atoms with Crippen molar-refractivity contribution in [3.8, 4) is 0 Å². The van der Waals surface area contributed by atoms with Crippen molar-refractivity contribution < 1.29 is 8.78 Å². The maximum atomic E-state index is 12.7. The fourth-order valence-electron chi connectivity index (χ4n) is 0.974. The first-order chi connectivity index (χ1) is 6.39. The maximum Gasteiger partial charge on any atom is 0.286 e. The number of anilines is 1. The van der Waals surface area contributed by atoms with Crippen LogP contribution < -0.4 is 5.32 Å². The van der Waals surface area contributed by atoms with Gasteiger partial charge in [0.15, 0.2) is 0 Å². The third kappa shape index (κ3) is 2.80. The van der Waals surface area contributed by atoms with Gasteiger partial charge in [0.1, 0.15) is 5.69 Å². The first-order valence-electron chi connectivity index (χ1n) is 4.16. The van der Waals surface area contributed by atoms with Crippen LogP contribution in [0.2, 0.25) is 0 Å². The summed E-state index contributed by atoms with van der Waals surface area (Å²) in [6, 6.07) is 2.85. The number of hydrogen-bond donors (Lipinski definition) is 1. The van der Waals surface area contributed by atoms with E-state index in [-0.39, 0.29) is 5.69 Å². The van der Waals surface area contributed by atoms with Crippen LogP contribution in [0, 0.1) is 0 Å². The highest BCUT2D eigenvalue weighted by Crippen LogP contribution is 2.25. The minimum atomic E-state index is -2.89. The van der Waals surface area contributed by atoms with Gasteiger partial charge in [-0.25, -0.2) is 0 Å². The number of halogens is 2. The third-order valence-electron chi connectivity index (χ3n) is 1.57. The normalized spacial score (nSPS) is 11.1. The fraction of sp³-hybridized carbons (Fsp3) is 0.300. The molecule has 2 nitrogen and oxygen atoms in total. The molecule has 0 saturated carbocycles. The van der Waals surface area contributed by atoms with Gasteiger partial charge in [-0.2, -0.15) is 8.78 Å². The van der Waals surface area contributed by atoms with E-state index >= 15 is 0 Å². The summed E-state index contributed by atoms with van der Waals surface area (Å²) in [6.45, 7) is 6.24. The molecule has 0 atom stereocenters. The Balaban J connectivity index is 2.84. The number of allylic oxidation sites excluding steroid dienone is 1. The number of nitrogens with zero attached hydrogens (tertiary/aromatic N) is 1. The summed E-state index contributed by atoms with van der Waals surface area (Å²) in [5.74, 6) is -2.89. The van der Waals surface area contributed by atoms with Gasteiger partial charge in [0, 0.05) is 12.6 Å². The molecule has 0 aromatic carbocycles. The number of hydrogen-bond acceptors (Lipinski definition) is 2. The molecule has 0 saturated heterocycles. The van der Waals surface area contributed by atoms with Gasteiger partial charge in [-0.3, -0.25) is 4.98 Å². The van der Waals surface area contributed by atoms with Crippen molar-refractivity contribution >= 4 is 5.69 Å². The second-order valence-electron chi connectivity index (χ2n) is 3.23. The summed E-state index contributed by atoms with van der Waals surface area (Å²) in [7, 11) is 0. The molecule has 14 heavy (non-hydrogen) atoms. The summed E-state index contributed by atoms with van der Waals surface area (Å²) >= 11 is 0. The highest BCUT2D eigenvalue weighted by Gasteiger charge is 2.25. The number of aromatic nitrogens is 1. The Kier molecular flexibility index (Phi) is 2.84. The van der Waals surface area contributed by atoms with Crippen molar-refractivity contribution in [3.05, 3.63) is 36.3 Å². The Labute approximate surface area is 81.7 Å². The SMILES string of the molecule is C=C(C)Nc1ccc(C(C)(F)F)nc1. The Morgan fingerprint density at radius 1 is 1.50 bits per heavy atom. The van der Waals surface area contributed by atoms with E-state index in [2.05, 4.69) is 16.9 Å². The van der Waals surface area contributed by atoms with Crippen molar-refractivity contribution in [3.63, 3.8) is 0 Å². The van der Waals surface area contributed by atoms with Crippen LogP contribution in [0.25, 0.3) is 0 Å². The third-order valence-corrected chi connectivity index (χ3v) is 1.57. The molecule has 0 aliphatic carbocycles. The smallest absolute Gasteiger partial charge is 0.286 e. The largest absolute Gasteiger partial charge is 0.358 e. The molecule has 0 spiro atoms. The van der Waals surface area contributed by atoms with Crippen molar-refractivity contribution in [1.82, 2.24) is 4.98 Å². The lowest BCUT2D eigenvalue weighted by atomic mass is 10.2. The van der Waals surface area contributed by atoms with Crippen molar-refractivity contribution in [2.75, 3.05) is 5.32 Å². The Morgan fingerprint density at radius 3 is 2.50 bits per heavy atom. The minimum Gasteiger partial charge on any atom is -0.358 e. The maximum absolute atomic E-state index is 12.7. The molecular weight excluding hydrogens is 186 g/mol. The van der Waals surface area contributed by atoms with Crippen LogP contribution in [0.4, 0.5) is 14.5 Å². The van der Waals surface area contributed by atoms with Gasteiger partial charge in [-0.05, 0) is 19.1 Å². The highest BCUT2D eigenvalue weighted by atomic mass is 19.3. The Morgan fingerprint density at radius 2 is 2.14 bits per heavy atom. The number of alkyl halides is 2. The van der Waals surface area contributed by atoms with Gasteiger partial charge in [0.25, 0.3) is 5.92 Å².